The predicted molar refractivity (Wildman–Crippen MR) is 76.2 cm³/mol. The van der Waals surface area contributed by atoms with Crippen LogP contribution in [0.3, 0.4) is 0 Å². The van der Waals surface area contributed by atoms with E-state index in [1.165, 1.54) is 5.57 Å². The van der Waals surface area contributed by atoms with E-state index >= 15 is 0 Å². The van der Waals surface area contributed by atoms with E-state index in [-0.39, 0.29) is 0 Å². The van der Waals surface area contributed by atoms with Crippen molar-refractivity contribution >= 4 is 16.3 Å². The van der Waals surface area contributed by atoms with E-state index in [4.69, 9.17) is 14.2 Å². The lowest BCUT2D eigenvalue weighted by molar-refractivity contribution is 0.361. The molecule has 0 spiro atoms. The molecule has 2 aromatic rings. The largest absolute Gasteiger partial charge is 0.497 e. The van der Waals surface area contributed by atoms with E-state index in [1.54, 1.807) is 14.2 Å². The Hall–Kier alpha value is -2.16. The van der Waals surface area contributed by atoms with Crippen molar-refractivity contribution in [2.24, 2.45) is 0 Å². The molecule has 0 unspecified atom stereocenters. The SMILES string of the molecule is COc1cc(OC)c2ccc3c(c2c1)OCC=C3C. The molecule has 0 aromatic heterocycles. The molecule has 0 amide bonds. The fourth-order valence-electron chi connectivity index (χ4n) is 2.46. The lowest BCUT2D eigenvalue weighted by atomic mass is 9.98. The van der Waals surface area contributed by atoms with Crippen molar-refractivity contribution in [2.45, 2.75) is 6.92 Å². The molecule has 0 saturated carbocycles. The van der Waals surface area contributed by atoms with Crippen molar-refractivity contribution in [3.05, 3.63) is 35.9 Å². The number of ether oxygens (including phenoxy) is 3. The van der Waals surface area contributed by atoms with E-state index in [0.29, 0.717) is 6.61 Å². The van der Waals surface area contributed by atoms with Crippen LogP contribution in [0, 0.1) is 0 Å². The van der Waals surface area contributed by atoms with Crippen LogP contribution in [-0.4, -0.2) is 20.8 Å². The number of hydrogen-bond acceptors (Lipinski definition) is 3. The molecular formula is C16H16O3. The van der Waals surface area contributed by atoms with Gasteiger partial charge in [-0.2, -0.15) is 0 Å². The molecule has 0 radical (unpaired) electrons. The van der Waals surface area contributed by atoms with E-state index in [9.17, 15) is 0 Å². The third kappa shape index (κ3) is 1.82. The van der Waals surface area contributed by atoms with Crippen molar-refractivity contribution in [3.8, 4) is 17.2 Å². The van der Waals surface area contributed by atoms with Crippen LogP contribution in [0.25, 0.3) is 16.3 Å². The first-order chi connectivity index (χ1) is 9.24. The summed E-state index contributed by atoms with van der Waals surface area (Å²) < 4.78 is 16.6. The molecule has 1 heterocycles. The van der Waals surface area contributed by atoms with Crippen LogP contribution in [0.2, 0.25) is 0 Å². The Morgan fingerprint density at radius 1 is 1.05 bits per heavy atom. The van der Waals surface area contributed by atoms with Gasteiger partial charge in [-0.1, -0.05) is 6.07 Å². The molecule has 3 rings (SSSR count). The molecule has 3 heteroatoms. The number of benzene rings is 2. The molecule has 19 heavy (non-hydrogen) atoms. The fraction of sp³-hybridized carbons (Fsp3) is 0.250. The maximum absolute atomic E-state index is 5.82. The quantitative estimate of drug-likeness (QED) is 0.820. The minimum absolute atomic E-state index is 0.609. The summed E-state index contributed by atoms with van der Waals surface area (Å²) in [5, 5.41) is 2.07. The molecule has 0 fully saturated rings. The highest BCUT2D eigenvalue weighted by atomic mass is 16.5. The summed E-state index contributed by atoms with van der Waals surface area (Å²) in [5.41, 5.74) is 2.37. The Labute approximate surface area is 112 Å². The zero-order chi connectivity index (χ0) is 13.4. The summed E-state index contributed by atoms with van der Waals surface area (Å²) in [7, 11) is 3.32. The van der Waals surface area contributed by atoms with Crippen molar-refractivity contribution in [3.63, 3.8) is 0 Å². The van der Waals surface area contributed by atoms with E-state index in [1.807, 2.05) is 12.1 Å². The van der Waals surface area contributed by atoms with Gasteiger partial charge in [0.2, 0.25) is 0 Å². The summed E-state index contributed by atoms with van der Waals surface area (Å²) in [4.78, 5) is 0. The van der Waals surface area contributed by atoms with Gasteiger partial charge in [-0.25, -0.2) is 0 Å². The van der Waals surface area contributed by atoms with E-state index < -0.39 is 0 Å². The maximum Gasteiger partial charge on any atom is 0.135 e. The Kier molecular flexibility index (Phi) is 2.82. The number of hydrogen-bond donors (Lipinski definition) is 0. The van der Waals surface area contributed by atoms with Crippen LogP contribution in [-0.2, 0) is 0 Å². The van der Waals surface area contributed by atoms with Crippen LogP contribution in [0.15, 0.2) is 30.3 Å². The maximum atomic E-state index is 5.82. The van der Waals surface area contributed by atoms with Gasteiger partial charge in [0.15, 0.2) is 0 Å². The molecular weight excluding hydrogens is 240 g/mol. The first-order valence-electron chi connectivity index (χ1n) is 6.23. The number of allylic oxidation sites excluding steroid dienone is 1. The topological polar surface area (TPSA) is 27.7 Å². The summed E-state index contributed by atoms with van der Waals surface area (Å²) in [6.45, 7) is 2.71. The average molecular weight is 256 g/mol. The lowest BCUT2D eigenvalue weighted by Crippen LogP contribution is -2.04. The minimum Gasteiger partial charge on any atom is -0.497 e. The highest BCUT2D eigenvalue weighted by molar-refractivity contribution is 5.98. The smallest absolute Gasteiger partial charge is 0.135 e. The van der Waals surface area contributed by atoms with Gasteiger partial charge in [-0.15, -0.1) is 0 Å². The second-order valence-electron chi connectivity index (χ2n) is 4.57. The van der Waals surface area contributed by atoms with Gasteiger partial charge in [0, 0.05) is 22.4 Å². The van der Waals surface area contributed by atoms with Gasteiger partial charge >= 0.3 is 0 Å². The zero-order valence-electron chi connectivity index (χ0n) is 11.3. The molecule has 2 aromatic carbocycles. The standard InChI is InChI=1S/C16H16O3/c1-10-6-7-19-16-12(10)4-5-13-14(16)8-11(17-2)9-15(13)18-3/h4-6,8-9H,7H2,1-3H3. The molecule has 0 saturated heterocycles. The summed E-state index contributed by atoms with van der Waals surface area (Å²) >= 11 is 0. The van der Waals surface area contributed by atoms with Crippen molar-refractivity contribution in [1.82, 2.24) is 0 Å². The molecule has 1 aliphatic rings. The molecule has 1 aliphatic heterocycles. The summed E-state index contributed by atoms with van der Waals surface area (Å²) in [5.74, 6) is 2.48. The molecule has 0 aliphatic carbocycles. The third-order valence-electron chi connectivity index (χ3n) is 3.52. The van der Waals surface area contributed by atoms with Gasteiger partial charge in [-0.05, 0) is 30.7 Å². The predicted octanol–water partition coefficient (Wildman–Crippen LogP) is 3.65. The minimum atomic E-state index is 0.609. The number of methoxy groups -OCH3 is 2. The van der Waals surface area contributed by atoms with Crippen molar-refractivity contribution < 1.29 is 14.2 Å². The Morgan fingerprint density at radius 3 is 2.63 bits per heavy atom. The Balaban J connectivity index is 2.36. The highest BCUT2D eigenvalue weighted by Gasteiger charge is 2.17. The Morgan fingerprint density at radius 2 is 1.89 bits per heavy atom. The monoisotopic (exact) mass is 256 g/mol. The highest BCUT2D eigenvalue weighted by Crippen LogP contribution is 2.41. The number of fused-ring (bicyclic) bond motifs is 3. The molecule has 0 N–H and O–H groups in total. The first kappa shape index (κ1) is 11.9. The summed E-state index contributed by atoms with van der Waals surface area (Å²) in [6, 6.07) is 8.03. The normalized spacial score (nSPS) is 13.5. The molecule has 0 atom stereocenters. The van der Waals surface area contributed by atoms with Gasteiger partial charge < -0.3 is 14.2 Å². The van der Waals surface area contributed by atoms with E-state index in [0.717, 1.165) is 33.6 Å². The van der Waals surface area contributed by atoms with E-state index in [2.05, 4.69) is 25.1 Å². The van der Waals surface area contributed by atoms with Crippen LogP contribution < -0.4 is 14.2 Å². The average Bonchev–Trinajstić information content (AvgIpc) is 2.46. The fourth-order valence-corrected chi connectivity index (χ4v) is 2.46. The van der Waals surface area contributed by atoms with Gasteiger partial charge in [-0.3, -0.25) is 0 Å². The lowest BCUT2D eigenvalue weighted by Gasteiger charge is -2.19. The Bertz CT molecular complexity index is 671. The van der Waals surface area contributed by atoms with Crippen molar-refractivity contribution in [1.29, 1.82) is 0 Å². The molecule has 3 nitrogen and oxygen atoms in total. The first-order valence-corrected chi connectivity index (χ1v) is 6.23. The molecule has 0 bridgehead atoms. The van der Waals surface area contributed by atoms with Crippen molar-refractivity contribution in [2.75, 3.05) is 20.8 Å². The number of rotatable bonds is 2. The van der Waals surface area contributed by atoms with Gasteiger partial charge in [0.05, 0.1) is 14.2 Å². The van der Waals surface area contributed by atoms with Crippen LogP contribution in [0.5, 0.6) is 17.2 Å². The second-order valence-corrected chi connectivity index (χ2v) is 4.57. The van der Waals surface area contributed by atoms with Gasteiger partial charge in [0.1, 0.15) is 23.9 Å². The van der Waals surface area contributed by atoms with Crippen LogP contribution in [0.1, 0.15) is 12.5 Å². The summed E-state index contributed by atoms with van der Waals surface area (Å²) in [6.07, 6.45) is 2.09. The zero-order valence-corrected chi connectivity index (χ0v) is 11.3. The molecule has 98 valence electrons. The van der Waals surface area contributed by atoms with Crippen LogP contribution in [0.4, 0.5) is 0 Å². The second kappa shape index (κ2) is 4.50. The van der Waals surface area contributed by atoms with Gasteiger partial charge in [0.25, 0.3) is 0 Å². The third-order valence-corrected chi connectivity index (χ3v) is 3.52. The van der Waals surface area contributed by atoms with Crippen LogP contribution >= 0.6 is 0 Å².